The van der Waals surface area contributed by atoms with Crippen molar-refractivity contribution in [3.63, 3.8) is 0 Å². The van der Waals surface area contributed by atoms with Crippen molar-refractivity contribution >= 4 is 11.8 Å². The first kappa shape index (κ1) is 10.3. The molecule has 0 aromatic heterocycles. The molecule has 2 heterocycles. The number of hydrazine groups is 1. The largest absolute Gasteiger partial charge is 0.501 e. The Morgan fingerprint density at radius 3 is 3.07 bits per heavy atom. The van der Waals surface area contributed by atoms with E-state index in [1.54, 1.807) is 0 Å². The normalized spacial score (nSPS) is 29.5. The van der Waals surface area contributed by atoms with Gasteiger partial charge in [-0.05, 0) is 24.2 Å². The summed E-state index contributed by atoms with van der Waals surface area (Å²) in [6.45, 7) is 0.824. The van der Waals surface area contributed by atoms with Gasteiger partial charge in [0.1, 0.15) is 0 Å². The molecule has 0 aliphatic carbocycles. The molecule has 0 aromatic carbocycles. The fourth-order valence-corrected chi connectivity index (χ4v) is 3.56. The van der Waals surface area contributed by atoms with Gasteiger partial charge < -0.3 is 4.74 Å². The molecule has 0 aromatic rings. The van der Waals surface area contributed by atoms with Gasteiger partial charge >= 0.3 is 0 Å². The molecular weight excluding hydrogens is 196 g/mol. The van der Waals surface area contributed by atoms with Crippen LogP contribution in [0.2, 0.25) is 0 Å². The highest BCUT2D eigenvalue weighted by atomic mass is 32.2. The lowest BCUT2D eigenvalue weighted by atomic mass is 9.99. The highest BCUT2D eigenvalue weighted by Gasteiger charge is 2.27. The summed E-state index contributed by atoms with van der Waals surface area (Å²) >= 11 is 2.04. The highest BCUT2D eigenvalue weighted by molar-refractivity contribution is 8.00. The molecule has 3 nitrogen and oxygen atoms in total. The van der Waals surface area contributed by atoms with E-state index in [-0.39, 0.29) is 0 Å². The molecule has 3 N–H and O–H groups in total. The summed E-state index contributed by atoms with van der Waals surface area (Å²) in [5, 5.41) is 0.640. The second kappa shape index (κ2) is 5.05. The summed E-state index contributed by atoms with van der Waals surface area (Å²) in [6, 6.07) is 0.322. The molecule has 1 saturated heterocycles. The zero-order chi connectivity index (χ0) is 9.80. The predicted molar refractivity (Wildman–Crippen MR) is 59.9 cm³/mol. The zero-order valence-corrected chi connectivity index (χ0v) is 9.19. The van der Waals surface area contributed by atoms with E-state index in [4.69, 9.17) is 10.6 Å². The molecule has 0 amide bonds. The van der Waals surface area contributed by atoms with Gasteiger partial charge in [-0.1, -0.05) is 6.42 Å². The fraction of sp³-hybridized carbons (Fsp3) is 0.800. The average Bonchev–Trinajstić information content (AvgIpc) is 2.74. The average molecular weight is 214 g/mol. The molecule has 1 fully saturated rings. The molecule has 2 unspecified atom stereocenters. The Bertz CT molecular complexity index is 214. The monoisotopic (exact) mass is 214 g/mol. The van der Waals surface area contributed by atoms with Crippen molar-refractivity contribution < 1.29 is 4.74 Å². The number of hydrogen-bond acceptors (Lipinski definition) is 4. The lowest BCUT2D eigenvalue weighted by Crippen LogP contribution is -2.44. The number of hydrogen-bond donors (Lipinski definition) is 2. The molecule has 2 aliphatic heterocycles. The molecule has 2 rings (SSSR count). The maximum absolute atomic E-state index is 5.62. The quantitative estimate of drug-likeness (QED) is 0.551. The summed E-state index contributed by atoms with van der Waals surface area (Å²) in [6.07, 6.45) is 6.89. The van der Waals surface area contributed by atoms with E-state index in [0.29, 0.717) is 11.3 Å². The predicted octanol–water partition coefficient (Wildman–Crippen LogP) is 1.41. The fourth-order valence-electron chi connectivity index (χ4n) is 2.11. The van der Waals surface area contributed by atoms with E-state index in [0.717, 1.165) is 13.0 Å². The topological polar surface area (TPSA) is 47.3 Å². The van der Waals surface area contributed by atoms with Crippen molar-refractivity contribution in [2.24, 2.45) is 5.84 Å². The van der Waals surface area contributed by atoms with Crippen LogP contribution in [0.3, 0.4) is 0 Å². The molecule has 4 heteroatoms. The van der Waals surface area contributed by atoms with Gasteiger partial charge in [0.2, 0.25) is 0 Å². The number of nitrogens with two attached hydrogens (primary N) is 1. The van der Waals surface area contributed by atoms with Gasteiger partial charge in [0.15, 0.2) is 0 Å². The van der Waals surface area contributed by atoms with Gasteiger partial charge in [-0.25, -0.2) is 0 Å². The zero-order valence-electron chi connectivity index (χ0n) is 8.37. The van der Waals surface area contributed by atoms with E-state index in [2.05, 4.69) is 5.43 Å². The maximum Gasteiger partial charge on any atom is 0.0912 e. The van der Waals surface area contributed by atoms with Crippen molar-refractivity contribution in [3.8, 4) is 0 Å². The standard InChI is InChI=1S/C10H18N2OS/c11-12-10(8-4-5-13-7-8)9-3-1-2-6-14-9/h7,9-10,12H,1-6,11H2. The summed E-state index contributed by atoms with van der Waals surface area (Å²) < 4.78 is 5.26. The van der Waals surface area contributed by atoms with Gasteiger partial charge in [-0.15, -0.1) is 0 Å². The molecule has 0 spiro atoms. The number of ether oxygens (including phenoxy) is 1. The first-order valence-electron chi connectivity index (χ1n) is 5.30. The molecule has 0 radical (unpaired) electrons. The minimum Gasteiger partial charge on any atom is -0.501 e. The summed E-state index contributed by atoms with van der Waals surface area (Å²) in [4.78, 5) is 0. The second-order valence-corrected chi connectivity index (χ2v) is 5.21. The molecule has 0 saturated carbocycles. The van der Waals surface area contributed by atoms with Crippen LogP contribution in [-0.2, 0) is 4.74 Å². The van der Waals surface area contributed by atoms with Crippen molar-refractivity contribution in [2.45, 2.75) is 37.0 Å². The Kier molecular flexibility index (Phi) is 3.73. The molecule has 0 bridgehead atoms. The Balaban J connectivity index is 1.96. The molecule has 80 valence electrons. The number of nitrogens with one attached hydrogen (secondary N) is 1. The van der Waals surface area contributed by atoms with Crippen molar-refractivity contribution in [1.29, 1.82) is 0 Å². The third-order valence-electron chi connectivity index (χ3n) is 2.91. The second-order valence-electron chi connectivity index (χ2n) is 3.86. The van der Waals surface area contributed by atoms with Crippen molar-refractivity contribution in [1.82, 2.24) is 5.43 Å². The molecule has 2 atom stereocenters. The van der Waals surface area contributed by atoms with Crippen molar-refractivity contribution in [2.75, 3.05) is 12.4 Å². The molecule has 2 aliphatic rings. The summed E-state index contributed by atoms with van der Waals surface area (Å²) in [5.41, 5.74) is 4.28. The van der Waals surface area contributed by atoms with Gasteiger partial charge in [0.05, 0.1) is 18.9 Å². The Morgan fingerprint density at radius 1 is 1.57 bits per heavy atom. The first-order valence-corrected chi connectivity index (χ1v) is 6.35. The third kappa shape index (κ3) is 2.24. The third-order valence-corrected chi connectivity index (χ3v) is 4.37. The van der Waals surface area contributed by atoms with Crippen LogP contribution in [0.15, 0.2) is 11.8 Å². The van der Waals surface area contributed by atoms with Crippen molar-refractivity contribution in [3.05, 3.63) is 11.8 Å². The first-order chi connectivity index (χ1) is 6.92. The van der Waals surface area contributed by atoms with Crippen LogP contribution in [-0.4, -0.2) is 23.7 Å². The molecular formula is C10H18N2OS. The SMILES string of the molecule is NNC(C1=COCC1)C1CCCCS1. The van der Waals surface area contributed by atoms with E-state index in [9.17, 15) is 0 Å². The Morgan fingerprint density at radius 2 is 2.50 bits per heavy atom. The molecule has 14 heavy (non-hydrogen) atoms. The van der Waals surface area contributed by atoms with E-state index < -0.39 is 0 Å². The minimum atomic E-state index is 0.322. The van der Waals surface area contributed by atoms with Gasteiger partial charge in [0, 0.05) is 11.7 Å². The lowest BCUT2D eigenvalue weighted by molar-refractivity contribution is 0.281. The minimum absolute atomic E-state index is 0.322. The van der Waals surface area contributed by atoms with Gasteiger partial charge in [-0.3, -0.25) is 11.3 Å². The van der Waals surface area contributed by atoms with E-state index in [1.807, 2.05) is 18.0 Å². The van der Waals surface area contributed by atoms with E-state index >= 15 is 0 Å². The Labute approximate surface area is 89.4 Å². The highest BCUT2D eigenvalue weighted by Crippen LogP contribution is 2.31. The van der Waals surface area contributed by atoms with Gasteiger partial charge in [0.25, 0.3) is 0 Å². The van der Waals surface area contributed by atoms with Crippen LogP contribution >= 0.6 is 11.8 Å². The smallest absolute Gasteiger partial charge is 0.0912 e. The van der Waals surface area contributed by atoms with Crippen LogP contribution in [0.1, 0.15) is 25.7 Å². The summed E-state index contributed by atoms with van der Waals surface area (Å²) in [5.74, 6) is 6.90. The van der Waals surface area contributed by atoms with Crippen LogP contribution in [0.5, 0.6) is 0 Å². The van der Waals surface area contributed by atoms with Crippen LogP contribution in [0.4, 0.5) is 0 Å². The summed E-state index contributed by atoms with van der Waals surface area (Å²) in [7, 11) is 0. The van der Waals surface area contributed by atoms with Gasteiger partial charge in [-0.2, -0.15) is 11.8 Å². The van der Waals surface area contributed by atoms with Crippen LogP contribution < -0.4 is 11.3 Å². The van der Waals surface area contributed by atoms with Crippen LogP contribution in [0, 0.1) is 0 Å². The van der Waals surface area contributed by atoms with Crippen LogP contribution in [0.25, 0.3) is 0 Å². The number of thioether (sulfide) groups is 1. The Hall–Kier alpha value is -0.190. The maximum atomic E-state index is 5.62. The number of rotatable bonds is 3. The lowest BCUT2D eigenvalue weighted by Gasteiger charge is -2.29. The van der Waals surface area contributed by atoms with E-state index in [1.165, 1.54) is 30.6 Å².